The van der Waals surface area contributed by atoms with Gasteiger partial charge in [-0.2, -0.15) is 0 Å². The van der Waals surface area contributed by atoms with E-state index in [1.807, 2.05) is 19.1 Å². The zero-order valence-electron chi connectivity index (χ0n) is 12.4. The van der Waals surface area contributed by atoms with Crippen LogP contribution in [0.2, 0.25) is 0 Å². The SMILES string of the molecule is CCCS(=O)(=O)c1ccc(NCC(CC)CCN)cc1. The van der Waals surface area contributed by atoms with Crippen LogP contribution in [0.15, 0.2) is 29.2 Å². The number of anilines is 1. The van der Waals surface area contributed by atoms with Crippen molar-refractivity contribution in [3.05, 3.63) is 24.3 Å². The number of sulfone groups is 1. The zero-order chi connectivity index (χ0) is 15.0. The number of nitrogens with two attached hydrogens (primary N) is 1. The number of hydrogen-bond donors (Lipinski definition) is 2. The van der Waals surface area contributed by atoms with Crippen molar-refractivity contribution >= 4 is 15.5 Å². The normalized spacial score (nSPS) is 13.2. The minimum atomic E-state index is -3.12. The number of hydrogen-bond acceptors (Lipinski definition) is 4. The van der Waals surface area contributed by atoms with Crippen LogP contribution in [0.1, 0.15) is 33.1 Å². The maximum Gasteiger partial charge on any atom is 0.178 e. The molecule has 0 radical (unpaired) electrons. The third-order valence-electron chi connectivity index (χ3n) is 3.43. The Morgan fingerprint density at radius 2 is 1.85 bits per heavy atom. The van der Waals surface area contributed by atoms with E-state index in [4.69, 9.17) is 5.73 Å². The maximum atomic E-state index is 11.9. The monoisotopic (exact) mass is 298 g/mol. The summed E-state index contributed by atoms with van der Waals surface area (Å²) in [6, 6.07) is 7.02. The summed E-state index contributed by atoms with van der Waals surface area (Å²) in [6.07, 6.45) is 2.74. The maximum absolute atomic E-state index is 11.9. The molecule has 0 aliphatic rings. The van der Waals surface area contributed by atoms with E-state index in [2.05, 4.69) is 12.2 Å². The number of rotatable bonds is 9. The van der Waals surface area contributed by atoms with Crippen molar-refractivity contribution in [1.82, 2.24) is 0 Å². The van der Waals surface area contributed by atoms with Gasteiger partial charge < -0.3 is 11.1 Å². The molecule has 0 saturated heterocycles. The molecule has 1 atom stereocenters. The van der Waals surface area contributed by atoms with Crippen LogP contribution in [0.4, 0.5) is 5.69 Å². The van der Waals surface area contributed by atoms with Crippen LogP contribution in [0.3, 0.4) is 0 Å². The minimum absolute atomic E-state index is 0.203. The smallest absolute Gasteiger partial charge is 0.178 e. The molecule has 1 aromatic carbocycles. The molecule has 0 amide bonds. The predicted molar refractivity (Wildman–Crippen MR) is 84.7 cm³/mol. The molecule has 114 valence electrons. The lowest BCUT2D eigenvalue weighted by molar-refractivity contribution is 0.501. The first-order valence-corrected chi connectivity index (χ1v) is 8.95. The van der Waals surface area contributed by atoms with Gasteiger partial charge in [0.1, 0.15) is 0 Å². The van der Waals surface area contributed by atoms with Crippen molar-refractivity contribution in [2.24, 2.45) is 11.7 Å². The molecule has 0 aliphatic carbocycles. The van der Waals surface area contributed by atoms with E-state index in [0.717, 1.165) is 25.1 Å². The summed E-state index contributed by atoms with van der Waals surface area (Å²) >= 11 is 0. The molecule has 0 aliphatic heterocycles. The second kappa shape index (κ2) is 8.27. The predicted octanol–water partition coefficient (Wildman–Crippen LogP) is 2.66. The molecule has 1 rings (SSSR count). The number of nitrogens with one attached hydrogen (secondary N) is 1. The second-order valence-corrected chi connectivity index (χ2v) is 7.18. The van der Waals surface area contributed by atoms with Gasteiger partial charge in [-0.1, -0.05) is 20.3 Å². The highest BCUT2D eigenvalue weighted by molar-refractivity contribution is 7.91. The van der Waals surface area contributed by atoms with Gasteiger partial charge in [-0.15, -0.1) is 0 Å². The summed E-state index contributed by atoms with van der Waals surface area (Å²) in [6.45, 7) is 5.60. The summed E-state index contributed by atoms with van der Waals surface area (Å²) in [5.41, 5.74) is 6.53. The van der Waals surface area contributed by atoms with E-state index in [9.17, 15) is 8.42 Å². The van der Waals surface area contributed by atoms with Crippen molar-refractivity contribution in [2.45, 2.75) is 38.0 Å². The van der Waals surface area contributed by atoms with Crippen molar-refractivity contribution in [2.75, 3.05) is 24.2 Å². The zero-order valence-corrected chi connectivity index (χ0v) is 13.2. The highest BCUT2D eigenvalue weighted by Gasteiger charge is 2.12. The van der Waals surface area contributed by atoms with Crippen molar-refractivity contribution in [3.8, 4) is 0 Å². The van der Waals surface area contributed by atoms with Crippen molar-refractivity contribution < 1.29 is 8.42 Å². The first kappa shape index (κ1) is 17.0. The molecule has 0 spiro atoms. The van der Waals surface area contributed by atoms with Gasteiger partial charge in [-0.05, 0) is 49.6 Å². The van der Waals surface area contributed by atoms with Gasteiger partial charge >= 0.3 is 0 Å². The Labute approximate surface area is 122 Å². The third-order valence-corrected chi connectivity index (χ3v) is 5.37. The molecule has 20 heavy (non-hydrogen) atoms. The van der Waals surface area contributed by atoms with Crippen molar-refractivity contribution in [1.29, 1.82) is 0 Å². The van der Waals surface area contributed by atoms with Crippen LogP contribution < -0.4 is 11.1 Å². The molecule has 1 aromatic rings. The quantitative estimate of drug-likeness (QED) is 0.735. The van der Waals surface area contributed by atoms with Crippen LogP contribution >= 0.6 is 0 Å². The van der Waals surface area contributed by atoms with Crippen LogP contribution in [0.25, 0.3) is 0 Å². The van der Waals surface area contributed by atoms with E-state index in [-0.39, 0.29) is 5.75 Å². The summed E-state index contributed by atoms with van der Waals surface area (Å²) < 4.78 is 23.8. The molecule has 0 heterocycles. The molecule has 4 nitrogen and oxygen atoms in total. The molecular formula is C15H26N2O2S. The second-order valence-electron chi connectivity index (χ2n) is 5.08. The molecule has 0 bridgehead atoms. The van der Waals surface area contributed by atoms with E-state index in [0.29, 0.717) is 23.8 Å². The van der Waals surface area contributed by atoms with E-state index in [1.54, 1.807) is 12.1 Å². The third kappa shape index (κ3) is 5.13. The highest BCUT2D eigenvalue weighted by atomic mass is 32.2. The Morgan fingerprint density at radius 1 is 1.20 bits per heavy atom. The molecular weight excluding hydrogens is 272 g/mol. The Bertz CT molecular complexity index is 483. The Balaban J connectivity index is 2.63. The first-order valence-electron chi connectivity index (χ1n) is 7.30. The van der Waals surface area contributed by atoms with Crippen LogP contribution in [-0.4, -0.2) is 27.3 Å². The topological polar surface area (TPSA) is 72.2 Å². The summed E-state index contributed by atoms with van der Waals surface area (Å²) in [5, 5.41) is 3.34. The van der Waals surface area contributed by atoms with E-state index < -0.39 is 9.84 Å². The minimum Gasteiger partial charge on any atom is -0.385 e. The highest BCUT2D eigenvalue weighted by Crippen LogP contribution is 2.17. The summed E-state index contributed by atoms with van der Waals surface area (Å²) in [4.78, 5) is 0.402. The van der Waals surface area contributed by atoms with Crippen molar-refractivity contribution in [3.63, 3.8) is 0 Å². The molecule has 5 heteroatoms. The van der Waals surface area contributed by atoms with Gasteiger partial charge in [0.2, 0.25) is 0 Å². The van der Waals surface area contributed by atoms with Crippen LogP contribution in [0.5, 0.6) is 0 Å². The summed E-state index contributed by atoms with van der Waals surface area (Å²) in [7, 11) is -3.12. The fourth-order valence-electron chi connectivity index (χ4n) is 2.12. The average molecular weight is 298 g/mol. The largest absolute Gasteiger partial charge is 0.385 e. The molecule has 1 unspecified atom stereocenters. The van der Waals surface area contributed by atoms with Crippen LogP contribution in [0, 0.1) is 5.92 Å². The molecule has 0 fully saturated rings. The van der Waals surface area contributed by atoms with Crippen LogP contribution in [-0.2, 0) is 9.84 Å². The lowest BCUT2D eigenvalue weighted by Gasteiger charge is -2.15. The lowest BCUT2D eigenvalue weighted by Crippen LogP contribution is -2.17. The lowest BCUT2D eigenvalue weighted by atomic mass is 10.0. The average Bonchev–Trinajstić information content (AvgIpc) is 2.44. The van der Waals surface area contributed by atoms with Gasteiger partial charge in [0.15, 0.2) is 9.84 Å². The fourth-order valence-corrected chi connectivity index (χ4v) is 3.44. The Kier molecular flexibility index (Phi) is 7.02. The van der Waals surface area contributed by atoms with Gasteiger partial charge in [0.25, 0.3) is 0 Å². The fraction of sp³-hybridized carbons (Fsp3) is 0.600. The Hall–Kier alpha value is -1.07. The summed E-state index contributed by atoms with van der Waals surface area (Å²) in [5.74, 6) is 0.761. The molecule has 3 N–H and O–H groups in total. The Morgan fingerprint density at radius 3 is 2.35 bits per heavy atom. The van der Waals surface area contributed by atoms with Gasteiger partial charge in [-0.3, -0.25) is 0 Å². The van der Waals surface area contributed by atoms with E-state index in [1.165, 1.54) is 0 Å². The van der Waals surface area contributed by atoms with Gasteiger partial charge in [-0.25, -0.2) is 8.42 Å². The number of benzene rings is 1. The molecule has 0 aromatic heterocycles. The van der Waals surface area contributed by atoms with Gasteiger partial charge in [0, 0.05) is 12.2 Å². The first-order chi connectivity index (χ1) is 9.53. The van der Waals surface area contributed by atoms with E-state index >= 15 is 0 Å². The molecule has 0 saturated carbocycles. The van der Waals surface area contributed by atoms with Gasteiger partial charge in [0.05, 0.1) is 10.6 Å². The standard InChI is InChI=1S/C15H26N2O2S/c1-3-11-20(18,19)15-7-5-14(6-8-15)17-12-13(4-2)9-10-16/h5-8,13,17H,3-4,9-12,16H2,1-2H3.